The van der Waals surface area contributed by atoms with Crippen LogP contribution in [0.5, 0.6) is 0 Å². The van der Waals surface area contributed by atoms with Gasteiger partial charge >= 0.3 is 5.97 Å². The van der Waals surface area contributed by atoms with Crippen molar-refractivity contribution in [3.63, 3.8) is 0 Å². The first kappa shape index (κ1) is 24.0. The number of carbonyl (C=O) groups excluding carboxylic acids is 1. The zero-order chi connectivity index (χ0) is 25.8. The van der Waals surface area contributed by atoms with Gasteiger partial charge in [0.25, 0.3) is 0 Å². The number of rotatable bonds is 4. The van der Waals surface area contributed by atoms with E-state index in [1.54, 1.807) is 46.4 Å². The summed E-state index contributed by atoms with van der Waals surface area (Å²) in [6.45, 7) is 1.86. The Bertz CT molecular complexity index is 1610. The second-order valence-corrected chi connectivity index (χ2v) is 11.0. The Hall–Kier alpha value is -3.39. The van der Waals surface area contributed by atoms with Crippen molar-refractivity contribution in [2.75, 3.05) is 5.32 Å². The van der Waals surface area contributed by atoms with Gasteiger partial charge in [0.05, 0.1) is 27.0 Å². The number of ketones is 1. The predicted molar refractivity (Wildman–Crippen MR) is 146 cm³/mol. The topological polar surface area (TPSA) is 84.2 Å². The third-order valence-electron chi connectivity index (χ3n) is 7.06. The Morgan fingerprint density at radius 1 is 1.11 bits per heavy atom. The number of aromatic nitrogens is 2. The maximum atomic E-state index is 13.8. The van der Waals surface area contributed by atoms with E-state index in [0.717, 1.165) is 21.7 Å². The van der Waals surface area contributed by atoms with Crippen molar-refractivity contribution in [1.82, 2.24) is 9.78 Å². The monoisotopic (exact) mass is 549 g/mol. The molecule has 2 aromatic heterocycles. The highest BCUT2D eigenvalue weighted by Gasteiger charge is 2.42. The number of halogens is 2. The van der Waals surface area contributed by atoms with E-state index in [0.29, 0.717) is 45.7 Å². The third-order valence-corrected chi connectivity index (χ3v) is 8.93. The summed E-state index contributed by atoms with van der Waals surface area (Å²) in [6, 6.07) is 16.2. The first-order valence-corrected chi connectivity index (χ1v) is 13.4. The van der Waals surface area contributed by atoms with Gasteiger partial charge in [-0.3, -0.25) is 4.79 Å². The summed E-state index contributed by atoms with van der Waals surface area (Å²) in [5.41, 5.74) is 4.21. The summed E-state index contributed by atoms with van der Waals surface area (Å²) in [6.07, 6.45) is 1.04. The van der Waals surface area contributed by atoms with E-state index in [1.807, 2.05) is 30.5 Å². The molecule has 9 heteroatoms. The molecule has 2 N–H and O–H groups in total. The first-order valence-electron chi connectivity index (χ1n) is 11.8. The van der Waals surface area contributed by atoms with Crippen LogP contribution in [0.3, 0.4) is 0 Å². The number of allylic oxidation sites excluding steroid dienone is 2. The Morgan fingerprint density at radius 3 is 2.68 bits per heavy atom. The summed E-state index contributed by atoms with van der Waals surface area (Å²) < 4.78 is 1.63. The standard InChI is InChI=1S/C28H21Cl2N3O3S/c1-14-23-24(17-7-4-8-18(29)26(17)30)25-19(12-15(13-21(25)34)22-10-5-11-37-22)31-27(23)33(32-14)20-9-3-2-6-16(20)28(35)36/h2-11,15,24,31H,12-13H2,1H3,(H,35,36)/t15-,24+/m0/s1. The Labute approximate surface area is 227 Å². The minimum absolute atomic E-state index is 0.0527. The van der Waals surface area contributed by atoms with Crippen LogP contribution >= 0.6 is 34.5 Å². The Balaban J connectivity index is 1.59. The summed E-state index contributed by atoms with van der Waals surface area (Å²) >= 11 is 14.8. The largest absolute Gasteiger partial charge is 0.478 e. The molecule has 6 rings (SSSR count). The summed E-state index contributed by atoms with van der Waals surface area (Å²) in [5, 5.41) is 20.9. The van der Waals surface area contributed by atoms with E-state index in [-0.39, 0.29) is 17.3 Å². The normalized spacial score (nSPS) is 18.8. The van der Waals surface area contributed by atoms with Gasteiger partial charge in [-0.25, -0.2) is 9.48 Å². The summed E-state index contributed by atoms with van der Waals surface area (Å²) in [5.74, 6) is -0.796. The number of aromatic carboxylic acids is 1. The highest BCUT2D eigenvalue weighted by atomic mass is 35.5. The lowest BCUT2D eigenvalue weighted by Gasteiger charge is -2.35. The van der Waals surface area contributed by atoms with Crippen molar-refractivity contribution in [3.05, 3.63) is 109 Å². The van der Waals surface area contributed by atoms with Gasteiger partial charge in [0.15, 0.2) is 5.78 Å². The number of nitrogens with one attached hydrogen (secondary N) is 1. The van der Waals surface area contributed by atoms with Crippen LogP contribution in [-0.2, 0) is 4.79 Å². The number of fused-ring (bicyclic) bond motifs is 1. The van der Waals surface area contributed by atoms with Crippen LogP contribution in [0, 0.1) is 6.92 Å². The number of carbonyl (C=O) groups is 2. The summed E-state index contributed by atoms with van der Waals surface area (Å²) in [7, 11) is 0. The van der Waals surface area contributed by atoms with E-state index in [4.69, 9.17) is 28.3 Å². The van der Waals surface area contributed by atoms with Crippen molar-refractivity contribution in [3.8, 4) is 5.69 Å². The highest BCUT2D eigenvalue weighted by molar-refractivity contribution is 7.10. The molecule has 0 saturated heterocycles. The molecular formula is C28H21Cl2N3O3S. The fourth-order valence-electron chi connectivity index (χ4n) is 5.47. The number of Topliss-reactive ketones (excluding diaryl/α,β-unsaturated/α-hetero) is 1. The number of carboxylic acids is 1. The molecule has 0 spiro atoms. The molecule has 0 bridgehead atoms. The van der Waals surface area contributed by atoms with Gasteiger partial charge in [-0.05, 0) is 48.6 Å². The lowest BCUT2D eigenvalue weighted by molar-refractivity contribution is -0.116. The molecule has 0 radical (unpaired) electrons. The molecule has 3 heterocycles. The third kappa shape index (κ3) is 3.89. The van der Waals surface area contributed by atoms with Gasteiger partial charge < -0.3 is 10.4 Å². The van der Waals surface area contributed by atoms with Gasteiger partial charge in [0.1, 0.15) is 5.82 Å². The molecule has 1 aliphatic carbocycles. The lowest BCUT2D eigenvalue weighted by Crippen LogP contribution is -2.30. The minimum atomic E-state index is -1.05. The number of nitrogens with zero attached hydrogens (tertiary/aromatic N) is 2. The first-order chi connectivity index (χ1) is 17.8. The van der Waals surface area contributed by atoms with Crippen LogP contribution in [0.25, 0.3) is 5.69 Å². The maximum absolute atomic E-state index is 13.8. The zero-order valence-corrected chi connectivity index (χ0v) is 22.0. The van der Waals surface area contributed by atoms with Gasteiger partial charge in [-0.15, -0.1) is 11.3 Å². The fourth-order valence-corrected chi connectivity index (χ4v) is 6.72. The average molecular weight is 550 g/mol. The zero-order valence-electron chi connectivity index (χ0n) is 19.7. The molecule has 6 nitrogen and oxygen atoms in total. The van der Waals surface area contributed by atoms with E-state index < -0.39 is 11.9 Å². The maximum Gasteiger partial charge on any atom is 0.337 e. The van der Waals surface area contributed by atoms with E-state index in [2.05, 4.69) is 11.4 Å². The molecule has 0 saturated carbocycles. The number of benzene rings is 2. The van der Waals surface area contributed by atoms with Crippen LogP contribution in [0.15, 0.2) is 71.2 Å². The van der Waals surface area contributed by atoms with Crippen molar-refractivity contribution in [2.24, 2.45) is 0 Å². The molecule has 0 fully saturated rings. The van der Waals surface area contributed by atoms with Crippen molar-refractivity contribution in [1.29, 1.82) is 0 Å². The molecular weight excluding hydrogens is 529 g/mol. The summed E-state index contributed by atoms with van der Waals surface area (Å²) in [4.78, 5) is 27.0. The van der Waals surface area contributed by atoms with E-state index >= 15 is 0 Å². The quantitative estimate of drug-likeness (QED) is 0.281. The smallest absolute Gasteiger partial charge is 0.337 e. The molecule has 2 aromatic carbocycles. The number of aryl methyl sites for hydroxylation is 1. The number of anilines is 1. The van der Waals surface area contributed by atoms with Crippen molar-refractivity contribution < 1.29 is 14.7 Å². The Kier molecular flexibility index (Phi) is 5.94. The lowest BCUT2D eigenvalue weighted by atomic mass is 9.73. The van der Waals surface area contributed by atoms with Crippen LogP contribution in [0.1, 0.15) is 56.7 Å². The second kappa shape index (κ2) is 9.17. The molecule has 37 heavy (non-hydrogen) atoms. The molecule has 2 atom stereocenters. The van der Waals surface area contributed by atoms with Crippen LogP contribution in [0.4, 0.5) is 5.82 Å². The average Bonchev–Trinajstić information content (AvgIpc) is 3.53. The van der Waals surface area contributed by atoms with Crippen molar-refractivity contribution in [2.45, 2.75) is 31.6 Å². The number of hydrogen-bond acceptors (Lipinski definition) is 5. The molecule has 0 amide bonds. The number of carboxylic acid groups (broad SMARTS) is 1. The number of thiophene rings is 1. The van der Waals surface area contributed by atoms with Gasteiger partial charge in [0, 0.05) is 40.0 Å². The molecule has 186 valence electrons. The highest BCUT2D eigenvalue weighted by Crippen LogP contribution is 2.51. The minimum Gasteiger partial charge on any atom is -0.478 e. The Morgan fingerprint density at radius 2 is 1.92 bits per heavy atom. The van der Waals surface area contributed by atoms with Crippen molar-refractivity contribution >= 4 is 52.1 Å². The van der Waals surface area contributed by atoms with Gasteiger partial charge in [-0.1, -0.05) is 53.5 Å². The molecule has 1 aliphatic heterocycles. The number of hydrogen-bond donors (Lipinski definition) is 2. The van der Waals surface area contributed by atoms with Gasteiger partial charge in [0.2, 0.25) is 0 Å². The predicted octanol–water partition coefficient (Wildman–Crippen LogP) is 7.21. The van der Waals surface area contributed by atoms with Crippen LogP contribution in [-0.4, -0.2) is 26.6 Å². The fraction of sp³-hybridized carbons (Fsp3) is 0.179. The molecule has 4 aromatic rings. The molecule has 2 aliphatic rings. The van der Waals surface area contributed by atoms with E-state index in [1.165, 1.54) is 0 Å². The van der Waals surface area contributed by atoms with Crippen LogP contribution in [0.2, 0.25) is 10.0 Å². The van der Waals surface area contributed by atoms with Crippen LogP contribution < -0.4 is 5.32 Å². The second-order valence-electron chi connectivity index (χ2n) is 9.22. The number of para-hydroxylation sites is 1. The molecule has 0 unspecified atom stereocenters. The van der Waals surface area contributed by atoms with E-state index in [9.17, 15) is 14.7 Å². The SMILES string of the molecule is Cc1nn(-c2ccccc2C(=O)O)c2c1[C@@H](c1cccc(Cl)c1Cl)C1=C(C[C@H](c3cccs3)CC1=O)N2. The van der Waals surface area contributed by atoms with Gasteiger partial charge in [-0.2, -0.15) is 5.10 Å².